The quantitative estimate of drug-likeness (QED) is 0.0738. The van der Waals surface area contributed by atoms with Crippen molar-refractivity contribution in [2.45, 2.75) is 62.5 Å². The second-order valence-electron chi connectivity index (χ2n) is 11.8. The lowest BCUT2D eigenvalue weighted by atomic mass is 9.88. The molecule has 5 atom stereocenters. The van der Waals surface area contributed by atoms with E-state index in [0.29, 0.717) is 5.56 Å². The Morgan fingerprint density at radius 2 is 1.35 bits per heavy atom. The van der Waals surface area contributed by atoms with Crippen LogP contribution in [-0.4, -0.2) is 82.9 Å². The number of carbonyl (C=O) groups excluding carboxylic acids is 6. The highest BCUT2D eigenvalue weighted by Crippen LogP contribution is 2.65. The third kappa shape index (κ3) is 9.31. The van der Waals surface area contributed by atoms with Crippen LogP contribution in [0.4, 0.5) is 16.2 Å². The van der Waals surface area contributed by atoms with E-state index in [9.17, 15) is 34.1 Å². The number of hydrogen-bond donors (Lipinski definition) is 0. The molecule has 0 N–H and O–H groups in total. The molecule has 16 heteroatoms. The summed E-state index contributed by atoms with van der Waals surface area (Å²) in [5.74, 6) is -4.09. The molecule has 3 aromatic rings. The van der Waals surface area contributed by atoms with E-state index < -0.39 is 75.7 Å². The van der Waals surface area contributed by atoms with Crippen LogP contribution in [-0.2, 0) is 54.2 Å². The number of benzene rings is 3. The lowest BCUT2D eigenvalue weighted by molar-refractivity contribution is -0.384. The van der Waals surface area contributed by atoms with Gasteiger partial charge in [0.25, 0.3) is 11.6 Å². The third-order valence-electron chi connectivity index (χ3n) is 7.84. The molecule has 4 rings (SSSR count). The van der Waals surface area contributed by atoms with Gasteiger partial charge in [0.2, 0.25) is 0 Å². The van der Waals surface area contributed by atoms with Crippen LogP contribution >= 0.6 is 11.8 Å². The molecule has 0 spiro atoms. The molecule has 0 bridgehead atoms. The molecule has 1 aliphatic heterocycles. The summed E-state index contributed by atoms with van der Waals surface area (Å²) < 4.78 is 20.1. The minimum atomic E-state index is -1.70. The normalized spacial score (nSPS) is 17.7. The third-order valence-corrected chi connectivity index (χ3v) is 9.50. The Hall–Kier alpha value is -5.77. The Morgan fingerprint density at radius 3 is 1.87 bits per heavy atom. The largest absolute Gasteiger partial charge is 0.462 e. The first-order valence-electron chi connectivity index (χ1n) is 15.9. The molecule has 0 aromatic heterocycles. The Kier molecular flexibility index (Phi) is 12.7. The van der Waals surface area contributed by atoms with Crippen LogP contribution in [0.1, 0.15) is 38.8 Å². The number of non-ortho nitro benzene ring substituents is 1. The molecule has 1 heterocycles. The number of hydrogen-bond acceptors (Lipinski definition) is 13. The van der Waals surface area contributed by atoms with Crippen molar-refractivity contribution in [2.24, 2.45) is 0 Å². The number of nitro groups is 1. The Bertz CT molecular complexity index is 1810. The highest BCUT2D eigenvalue weighted by molar-refractivity contribution is 8.09. The molecule has 0 unspecified atom stereocenters. The maximum atomic E-state index is 15.2. The van der Waals surface area contributed by atoms with Crippen LogP contribution in [0.25, 0.3) is 0 Å². The van der Waals surface area contributed by atoms with Crippen molar-refractivity contribution < 1.29 is 52.6 Å². The van der Waals surface area contributed by atoms with E-state index in [0.717, 1.165) is 62.1 Å². The van der Waals surface area contributed by atoms with Gasteiger partial charge in [0.1, 0.15) is 11.4 Å². The predicted octanol–water partition coefficient (Wildman–Crippen LogP) is 4.55. The number of anilines is 1. The second-order valence-corrected chi connectivity index (χ2v) is 13.2. The number of imide groups is 1. The van der Waals surface area contributed by atoms with Crippen molar-refractivity contribution in [1.29, 1.82) is 0 Å². The van der Waals surface area contributed by atoms with Gasteiger partial charge < -0.3 is 23.8 Å². The smallest absolute Gasteiger partial charge is 0.331 e. The van der Waals surface area contributed by atoms with Gasteiger partial charge in [-0.2, -0.15) is 0 Å². The van der Waals surface area contributed by atoms with E-state index in [2.05, 4.69) is 0 Å². The topological polar surface area (TPSA) is 189 Å². The fourth-order valence-electron chi connectivity index (χ4n) is 5.63. The lowest BCUT2D eigenvalue weighted by Gasteiger charge is -2.33. The molecular weight excluding hydrogens is 698 g/mol. The van der Waals surface area contributed by atoms with E-state index in [1.54, 1.807) is 54.6 Å². The van der Waals surface area contributed by atoms with Gasteiger partial charge in [0.05, 0.1) is 15.9 Å². The first-order valence-corrected chi connectivity index (χ1v) is 16.8. The monoisotopic (exact) mass is 735 g/mol. The molecule has 3 aromatic carbocycles. The summed E-state index contributed by atoms with van der Waals surface area (Å²) in [5, 5.41) is 10.4. The minimum Gasteiger partial charge on any atom is -0.462 e. The summed E-state index contributed by atoms with van der Waals surface area (Å²) in [4.78, 5) is 91.7. The number of ether oxygens (including phenoxy) is 4. The number of nitro benzene ring substituents is 1. The Labute approximate surface area is 303 Å². The number of carbonyl (C=O) groups is 6. The van der Waals surface area contributed by atoms with Gasteiger partial charge in [0, 0.05) is 53.4 Å². The summed E-state index contributed by atoms with van der Waals surface area (Å²) in [6, 6.07) is 21.4. The standard InChI is InChI=1S/C36H37N3O12S/c1-22(40)48-21-30(49-23(2)41)31(50-24(3)42)32(51-25(4)43)33-36(52-33,27-14-10-7-11-15-27)34(44)38(28-16-18-29(19-17-28)39(46)47)35(45)37(5)20-26-12-8-6-9-13-26/h6-19,30-33H,20-21H2,1-5H3/t30-,31-,32+,33-,36+/m1/s1. The van der Waals surface area contributed by atoms with E-state index >= 15 is 4.79 Å². The summed E-state index contributed by atoms with van der Waals surface area (Å²) in [6.45, 7) is 3.86. The van der Waals surface area contributed by atoms with E-state index in [4.69, 9.17) is 18.9 Å². The fourth-order valence-corrected chi connectivity index (χ4v) is 7.14. The van der Waals surface area contributed by atoms with Crippen LogP contribution in [0, 0.1) is 10.1 Å². The van der Waals surface area contributed by atoms with Crippen molar-refractivity contribution in [3.8, 4) is 0 Å². The van der Waals surface area contributed by atoms with Gasteiger partial charge in [-0.25, -0.2) is 9.69 Å². The van der Waals surface area contributed by atoms with Crippen LogP contribution in [0.5, 0.6) is 0 Å². The lowest BCUT2D eigenvalue weighted by Crippen LogP contribution is -2.54. The SMILES string of the molecule is CC(=O)OC[C@@H](OC(C)=O)[C@@H](OC(C)=O)[C@H](OC(C)=O)[C@H]1S[C@@]1(C(=O)N(C(=O)N(C)Cc1ccccc1)c1ccc([N+](=O)[O-])cc1)c1ccccc1. The molecule has 0 aliphatic carbocycles. The van der Waals surface area contributed by atoms with Gasteiger partial charge >= 0.3 is 29.9 Å². The molecule has 1 saturated heterocycles. The molecule has 0 saturated carbocycles. The maximum absolute atomic E-state index is 15.2. The molecule has 3 amide bonds. The van der Waals surface area contributed by atoms with E-state index in [1.165, 1.54) is 24.1 Å². The highest BCUT2D eigenvalue weighted by Gasteiger charge is 2.70. The van der Waals surface area contributed by atoms with E-state index in [1.807, 2.05) is 6.07 Å². The molecule has 1 aliphatic rings. The number of thioether (sulfide) groups is 1. The number of esters is 4. The van der Waals surface area contributed by atoms with Crippen molar-refractivity contribution in [2.75, 3.05) is 18.6 Å². The van der Waals surface area contributed by atoms with Crippen LogP contribution in [0.15, 0.2) is 84.9 Å². The Balaban J connectivity index is 1.88. The number of amides is 3. The van der Waals surface area contributed by atoms with Crippen molar-refractivity contribution >= 4 is 59.0 Å². The van der Waals surface area contributed by atoms with Crippen LogP contribution in [0.2, 0.25) is 0 Å². The van der Waals surface area contributed by atoms with Crippen LogP contribution in [0.3, 0.4) is 0 Å². The van der Waals surface area contributed by atoms with Gasteiger partial charge in [-0.3, -0.25) is 34.1 Å². The fraction of sp³-hybridized carbons (Fsp3) is 0.333. The van der Waals surface area contributed by atoms with Crippen molar-refractivity contribution in [1.82, 2.24) is 4.90 Å². The average Bonchev–Trinajstić information content (AvgIpc) is 3.85. The second kappa shape index (κ2) is 17.0. The van der Waals surface area contributed by atoms with Crippen molar-refractivity contribution in [3.05, 3.63) is 106 Å². The minimum absolute atomic E-state index is 0.00953. The molecule has 0 radical (unpaired) electrons. The summed E-state index contributed by atoms with van der Waals surface area (Å²) in [7, 11) is 1.49. The van der Waals surface area contributed by atoms with E-state index in [-0.39, 0.29) is 17.9 Å². The summed E-state index contributed by atoms with van der Waals surface area (Å²) >= 11 is 0.989. The average molecular weight is 736 g/mol. The zero-order chi connectivity index (χ0) is 38.2. The number of rotatable bonds is 14. The first-order chi connectivity index (χ1) is 24.6. The molecule has 52 heavy (non-hydrogen) atoms. The predicted molar refractivity (Wildman–Crippen MR) is 187 cm³/mol. The highest BCUT2D eigenvalue weighted by atomic mass is 32.2. The molecule has 1 fully saturated rings. The summed E-state index contributed by atoms with van der Waals surface area (Å²) in [6.07, 6.45) is -4.58. The first kappa shape index (κ1) is 39.0. The van der Waals surface area contributed by atoms with Crippen LogP contribution < -0.4 is 4.90 Å². The Morgan fingerprint density at radius 1 is 0.788 bits per heavy atom. The van der Waals surface area contributed by atoms with Gasteiger partial charge in [-0.1, -0.05) is 60.7 Å². The van der Waals surface area contributed by atoms with Gasteiger partial charge in [-0.05, 0) is 23.3 Å². The zero-order valence-corrected chi connectivity index (χ0v) is 29.8. The van der Waals surface area contributed by atoms with Gasteiger partial charge in [-0.15, -0.1) is 11.8 Å². The molecule has 15 nitrogen and oxygen atoms in total. The maximum Gasteiger partial charge on any atom is 0.331 e. The molecule has 274 valence electrons. The molecular formula is C36H37N3O12S. The number of urea groups is 1. The zero-order valence-electron chi connectivity index (χ0n) is 29.0. The summed E-state index contributed by atoms with van der Waals surface area (Å²) in [5.41, 5.74) is 0.869. The van der Waals surface area contributed by atoms with Crippen molar-refractivity contribution in [3.63, 3.8) is 0 Å². The van der Waals surface area contributed by atoms with Gasteiger partial charge in [0.15, 0.2) is 18.3 Å². The number of nitrogens with zero attached hydrogens (tertiary/aromatic N) is 3.